The zero-order chi connectivity index (χ0) is 18.5. The molecule has 26 heavy (non-hydrogen) atoms. The third-order valence-electron chi connectivity index (χ3n) is 3.66. The molecule has 0 unspecified atom stereocenters. The molecule has 2 amide bonds. The van der Waals surface area contributed by atoms with Gasteiger partial charge in [0.05, 0.1) is 5.52 Å². The van der Waals surface area contributed by atoms with E-state index in [0.717, 1.165) is 5.39 Å². The average Bonchev–Trinajstić information content (AvgIpc) is 2.67. The minimum Gasteiger partial charge on any atom is -0.268 e. The van der Waals surface area contributed by atoms with E-state index < -0.39 is 11.8 Å². The second kappa shape index (κ2) is 7.56. The molecule has 1 aromatic carbocycles. The molecule has 0 atom stereocenters. The summed E-state index contributed by atoms with van der Waals surface area (Å²) in [6, 6.07) is 13.3. The summed E-state index contributed by atoms with van der Waals surface area (Å²) in [4.78, 5) is 40.2. The first-order chi connectivity index (χ1) is 12.6. The van der Waals surface area contributed by atoms with Crippen molar-refractivity contribution in [1.29, 1.82) is 0 Å². The fraction of sp³-hybridized carbons (Fsp3) is 0.167. The summed E-state index contributed by atoms with van der Waals surface area (Å²) in [6.45, 7) is 2.31. The molecular weight excluding hydrogens is 334 g/mol. The highest BCUT2D eigenvalue weighted by atomic mass is 16.2. The Morgan fingerprint density at radius 2 is 1.65 bits per heavy atom. The SMILES string of the molecule is CCCn1nc(C(=O)NNC(=O)c2ccc3ccccc3n2)ccc1=O. The lowest BCUT2D eigenvalue weighted by Gasteiger charge is -2.08. The van der Waals surface area contributed by atoms with Crippen molar-refractivity contribution in [2.24, 2.45) is 0 Å². The maximum Gasteiger partial charge on any atom is 0.290 e. The molecule has 0 saturated carbocycles. The van der Waals surface area contributed by atoms with Crippen molar-refractivity contribution in [3.05, 3.63) is 70.3 Å². The third-order valence-corrected chi connectivity index (χ3v) is 3.66. The molecule has 0 saturated heterocycles. The fourth-order valence-corrected chi connectivity index (χ4v) is 2.38. The van der Waals surface area contributed by atoms with Crippen LogP contribution in [0.5, 0.6) is 0 Å². The van der Waals surface area contributed by atoms with Crippen LogP contribution in [0, 0.1) is 0 Å². The number of carbonyl (C=O) groups excluding carboxylic acids is 2. The molecule has 0 aliphatic rings. The Bertz CT molecular complexity index is 1030. The molecule has 3 rings (SSSR count). The van der Waals surface area contributed by atoms with E-state index in [1.165, 1.54) is 16.8 Å². The number of aromatic nitrogens is 3. The van der Waals surface area contributed by atoms with Crippen molar-refractivity contribution in [1.82, 2.24) is 25.6 Å². The molecule has 0 fully saturated rings. The van der Waals surface area contributed by atoms with E-state index in [1.807, 2.05) is 25.1 Å². The van der Waals surface area contributed by atoms with E-state index in [2.05, 4.69) is 20.9 Å². The molecule has 132 valence electrons. The molecule has 0 bridgehead atoms. The summed E-state index contributed by atoms with van der Waals surface area (Å²) in [5.41, 5.74) is 5.18. The van der Waals surface area contributed by atoms with Crippen LogP contribution in [0.1, 0.15) is 34.3 Å². The second-order valence-electron chi connectivity index (χ2n) is 5.58. The number of aryl methyl sites for hydroxylation is 1. The van der Waals surface area contributed by atoms with Crippen LogP contribution in [0.3, 0.4) is 0 Å². The van der Waals surface area contributed by atoms with E-state index in [9.17, 15) is 14.4 Å². The van der Waals surface area contributed by atoms with Crippen LogP contribution in [0.4, 0.5) is 0 Å². The monoisotopic (exact) mass is 351 g/mol. The first-order valence-electron chi connectivity index (χ1n) is 8.13. The van der Waals surface area contributed by atoms with Crippen molar-refractivity contribution in [2.45, 2.75) is 19.9 Å². The number of hydrazine groups is 1. The Balaban J connectivity index is 1.69. The molecule has 0 spiro atoms. The number of hydrogen-bond acceptors (Lipinski definition) is 5. The number of para-hydroxylation sites is 1. The highest BCUT2D eigenvalue weighted by Crippen LogP contribution is 2.11. The van der Waals surface area contributed by atoms with Gasteiger partial charge in [0.2, 0.25) is 0 Å². The van der Waals surface area contributed by atoms with Gasteiger partial charge in [0, 0.05) is 18.0 Å². The van der Waals surface area contributed by atoms with Crippen molar-refractivity contribution in [3.63, 3.8) is 0 Å². The number of carbonyl (C=O) groups is 2. The molecule has 0 aliphatic carbocycles. The number of benzene rings is 1. The highest BCUT2D eigenvalue weighted by molar-refractivity contribution is 5.98. The number of fused-ring (bicyclic) bond motifs is 1. The Morgan fingerprint density at radius 1 is 0.962 bits per heavy atom. The summed E-state index contributed by atoms with van der Waals surface area (Å²) in [7, 11) is 0. The Kier molecular flexibility index (Phi) is 5.02. The van der Waals surface area contributed by atoms with E-state index in [-0.39, 0.29) is 16.9 Å². The molecule has 0 aliphatic heterocycles. The molecule has 3 aromatic rings. The zero-order valence-corrected chi connectivity index (χ0v) is 14.1. The Morgan fingerprint density at radius 3 is 2.42 bits per heavy atom. The van der Waals surface area contributed by atoms with Gasteiger partial charge in [-0.05, 0) is 24.6 Å². The average molecular weight is 351 g/mol. The summed E-state index contributed by atoms with van der Waals surface area (Å²) >= 11 is 0. The Labute approximate surface area is 148 Å². The van der Waals surface area contributed by atoms with E-state index in [0.29, 0.717) is 18.5 Å². The van der Waals surface area contributed by atoms with Gasteiger partial charge in [-0.1, -0.05) is 31.2 Å². The predicted molar refractivity (Wildman–Crippen MR) is 95.5 cm³/mol. The van der Waals surface area contributed by atoms with Crippen LogP contribution in [-0.4, -0.2) is 26.6 Å². The summed E-state index contributed by atoms with van der Waals surface area (Å²) in [6.07, 6.45) is 0.711. The van der Waals surface area contributed by atoms with Crippen molar-refractivity contribution < 1.29 is 9.59 Å². The van der Waals surface area contributed by atoms with Gasteiger partial charge in [-0.25, -0.2) is 9.67 Å². The van der Waals surface area contributed by atoms with Gasteiger partial charge in [0.1, 0.15) is 5.69 Å². The third kappa shape index (κ3) is 3.75. The number of amides is 2. The lowest BCUT2D eigenvalue weighted by Crippen LogP contribution is -2.42. The van der Waals surface area contributed by atoms with Crippen LogP contribution < -0.4 is 16.4 Å². The van der Waals surface area contributed by atoms with Gasteiger partial charge in [-0.3, -0.25) is 25.2 Å². The van der Waals surface area contributed by atoms with Crippen LogP contribution in [0.2, 0.25) is 0 Å². The smallest absolute Gasteiger partial charge is 0.268 e. The first-order valence-corrected chi connectivity index (χ1v) is 8.13. The molecule has 8 nitrogen and oxygen atoms in total. The molecular formula is C18H17N5O3. The zero-order valence-electron chi connectivity index (χ0n) is 14.1. The lowest BCUT2D eigenvalue weighted by atomic mass is 10.2. The van der Waals surface area contributed by atoms with Gasteiger partial charge in [-0.2, -0.15) is 5.10 Å². The molecule has 2 aromatic heterocycles. The maximum atomic E-state index is 12.2. The number of nitrogens with one attached hydrogen (secondary N) is 2. The number of nitrogens with zero attached hydrogens (tertiary/aromatic N) is 3. The topological polar surface area (TPSA) is 106 Å². The van der Waals surface area contributed by atoms with Gasteiger partial charge in [-0.15, -0.1) is 0 Å². The normalized spacial score (nSPS) is 10.5. The molecule has 8 heteroatoms. The summed E-state index contributed by atoms with van der Waals surface area (Å²) < 4.78 is 1.21. The van der Waals surface area contributed by atoms with Gasteiger partial charge < -0.3 is 0 Å². The fourth-order valence-electron chi connectivity index (χ4n) is 2.38. The molecule has 2 heterocycles. The minimum atomic E-state index is -0.621. The van der Waals surface area contributed by atoms with E-state index in [4.69, 9.17) is 0 Å². The number of rotatable bonds is 4. The van der Waals surface area contributed by atoms with Gasteiger partial charge in [0.15, 0.2) is 5.69 Å². The quantitative estimate of drug-likeness (QED) is 0.689. The molecule has 0 radical (unpaired) electrons. The van der Waals surface area contributed by atoms with Gasteiger partial charge in [0.25, 0.3) is 17.4 Å². The number of hydrogen-bond donors (Lipinski definition) is 2. The second-order valence-corrected chi connectivity index (χ2v) is 5.58. The molecule has 2 N–H and O–H groups in total. The van der Waals surface area contributed by atoms with Crippen LogP contribution in [0.25, 0.3) is 10.9 Å². The first kappa shape index (κ1) is 17.3. The van der Waals surface area contributed by atoms with Gasteiger partial charge >= 0.3 is 0 Å². The standard InChI is InChI=1S/C18H17N5O3/c1-2-11-23-16(24)10-9-15(22-23)18(26)21-20-17(25)14-8-7-12-5-3-4-6-13(12)19-14/h3-10H,2,11H2,1H3,(H,20,25)(H,21,26). The lowest BCUT2D eigenvalue weighted by molar-refractivity contribution is 0.0840. The van der Waals surface area contributed by atoms with Crippen LogP contribution >= 0.6 is 0 Å². The Hall–Kier alpha value is -3.55. The van der Waals surface area contributed by atoms with E-state index >= 15 is 0 Å². The highest BCUT2D eigenvalue weighted by Gasteiger charge is 2.13. The maximum absolute atomic E-state index is 12.2. The minimum absolute atomic E-state index is 0.0322. The summed E-state index contributed by atoms with van der Waals surface area (Å²) in [5.74, 6) is -1.17. The van der Waals surface area contributed by atoms with Crippen LogP contribution in [-0.2, 0) is 6.54 Å². The summed E-state index contributed by atoms with van der Waals surface area (Å²) in [5, 5.41) is 4.89. The predicted octanol–water partition coefficient (Wildman–Crippen LogP) is 1.28. The van der Waals surface area contributed by atoms with E-state index in [1.54, 1.807) is 18.2 Å². The largest absolute Gasteiger partial charge is 0.290 e. The van der Waals surface area contributed by atoms with Crippen LogP contribution in [0.15, 0.2) is 53.3 Å². The number of pyridine rings is 1. The van der Waals surface area contributed by atoms with Crippen molar-refractivity contribution in [2.75, 3.05) is 0 Å². The van der Waals surface area contributed by atoms with Crippen molar-refractivity contribution >= 4 is 22.7 Å². The van der Waals surface area contributed by atoms with Crippen molar-refractivity contribution in [3.8, 4) is 0 Å².